The average molecular weight is 526 g/mol. The largest absolute Gasteiger partial charge is 0.0629 e. The predicted molar refractivity (Wildman–Crippen MR) is 173 cm³/mol. The molecule has 0 heterocycles. The lowest BCUT2D eigenvalue weighted by Gasteiger charge is -2.19. The number of hydrogen-bond donors (Lipinski definition) is 0. The minimum Gasteiger partial charge on any atom is -0.0622 e. The lowest BCUT2D eigenvalue weighted by Crippen LogP contribution is -1.92. The first-order valence-electron chi connectivity index (χ1n) is 21.8. The van der Waals surface area contributed by atoms with Crippen LogP contribution < -0.4 is 0 Å². The van der Waals surface area contributed by atoms with Crippen molar-refractivity contribution >= 4 is 43.1 Å². The second-order valence-corrected chi connectivity index (χ2v) is 9.06. The van der Waals surface area contributed by atoms with Crippen molar-refractivity contribution in [3.05, 3.63) is 157 Å². The van der Waals surface area contributed by atoms with E-state index in [1.54, 1.807) is 30.3 Å². The molecule has 0 fully saturated rings. The summed E-state index contributed by atoms with van der Waals surface area (Å²) in [6, 6.07) is -2.73. The fraction of sp³-hybridized carbons (Fsp3) is 0. The van der Waals surface area contributed by atoms with Crippen molar-refractivity contribution in [3.63, 3.8) is 0 Å². The molecular weight excluding hydrogens is 480 g/mol. The number of hydrogen-bond acceptors (Lipinski definition) is 0. The van der Waals surface area contributed by atoms with Gasteiger partial charge >= 0.3 is 0 Å². The molecule has 0 saturated heterocycles. The van der Waals surface area contributed by atoms with Gasteiger partial charge in [0.15, 0.2) is 0 Å². The summed E-state index contributed by atoms with van der Waals surface area (Å²) in [5.74, 6) is 0. The van der Waals surface area contributed by atoms with Crippen LogP contribution in [0.25, 0.3) is 76.5 Å². The third-order valence-electron chi connectivity index (χ3n) is 6.91. The van der Waals surface area contributed by atoms with Gasteiger partial charge in [0, 0.05) is 0 Å². The molecule has 0 N–H and O–H groups in total. The molecular formula is C40H26. The van der Waals surface area contributed by atoms with E-state index >= 15 is 0 Å². The van der Waals surface area contributed by atoms with Gasteiger partial charge in [-0.25, -0.2) is 0 Å². The number of benzene rings is 8. The quantitative estimate of drug-likeness (QED) is 0.201. The molecule has 0 aliphatic carbocycles. The number of fused-ring (bicyclic) bond motifs is 4. The van der Waals surface area contributed by atoms with E-state index in [1.807, 2.05) is 12.1 Å². The first-order chi connectivity index (χ1) is 27.8. The SMILES string of the molecule is [2H]c1c([2H])c([2H])c(-c2c3c([2H])c([2H])c([2H])c([2H])c3c(-c3c([2H])c([2H])c([2H])c4c(-c5ccc6ccccc6c5)c([2H])c([2H])c([2H])c34)c3c([2H])c([2H])c([2H])c([2H])c23)c([2H])c1[2H]. The molecule has 0 radical (unpaired) electrons. The Morgan fingerprint density at radius 3 is 1.55 bits per heavy atom. The van der Waals surface area contributed by atoms with Crippen LogP contribution in [0.15, 0.2) is 157 Å². The predicted octanol–water partition coefficient (Wildman–Crippen LogP) is 11.3. The summed E-state index contributed by atoms with van der Waals surface area (Å²) < 4.78 is 170. The Morgan fingerprint density at radius 2 is 0.875 bits per heavy atom. The molecule has 8 aromatic rings. The van der Waals surface area contributed by atoms with Crippen LogP contribution in [0.4, 0.5) is 0 Å². The molecule has 0 aromatic heterocycles. The lowest BCUT2D eigenvalue weighted by atomic mass is 9.84. The van der Waals surface area contributed by atoms with Gasteiger partial charge in [-0.05, 0) is 82.5 Å². The van der Waals surface area contributed by atoms with E-state index in [0.717, 1.165) is 5.39 Å². The van der Waals surface area contributed by atoms with Gasteiger partial charge in [-0.2, -0.15) is 0 Å². The van der Waals surface area contributed by atoms with Crippen LogP contribution in [-0.2, 0) is 0 Å². The first-order valence-corrected chi connectivity index (χ1v) is 12.3. The Hall–Kier alpha value is -5.20. The van der Waals surface area contributed by atoms with Crippen molar-refractivity contribution in [2.75, 3.05) is 0 Å². The summed E-state index contributed by atoms with van der Waals surface area (Å²) in [6.07, 6.45) is 0. The molecule has 0 spiro atoms. The molecule has 0 amide bonds. The molecule has 0 bridgehead atoms. The summed E-state index contributed by atoms with van der Waals surface area (Å²) in [4.78, 5) is 0. The van der Waals surface area contributed by atoms with Crippen molar-refractivity contribution in [2.24, 2.45) is 0 Å². The Balaban J connectivity index is 1.75. The van der Waals surface area contributed by atoms with E-state index < -0.39 is 164 Å². The van der Waals surface area contributed by atoms with Gasteiger partial charge in [0.1, 0.15) is 0 Å². The standard InChI is InChI=1S/C40H26/c1-2-13-28(14-3-1)39-35-16-6-8-18-37(35)40(38-19-9-7-17-36(38)39)34-23-11-21-32-31(20-10-22-33(32)34)30-25-24-27-12-4-5-15-29(27)26-30/h1-26H/i1D,2D,3D,6D,7D,8D,9D,10D,11D,13D,14D,16D,17D,18D,19D,20D,21D,22D,23D. The second kappa shape index (κ2) is 9.22. The highest BCUT2D eigenvalue weighted by atomic mass is 14.2. The van der Waals surface area contributed by atoms with Gasteiger partial charge in [0.25, 0.3) is 0 Å². The fourth-order valence-corrected chi connectivity index (χ4v) is 5.19. The van der Waals surface area contributed by atoms with Crippen molar-refractivity contribution in [3.8, 4) is 33.4 Å². The van der Waals surface area contributed by atoms with E-state index in [4.69, 9.17) is 16.4 Å². The van der Waals surface area contributed by atoms with Crippen LogP contribution >= 0.6 is 0 Å². The normalized spacial score (nSPS) is 18.1. The number of rotatable bonds is 3. The van der Waals surface area contributed by atoms with Gasteiger partial charge in [-0.1, -0.05) is 151 Å². The zero-order chi connectivity index (χ0) is 43.0. The van der Waals surface area contributed by atoms with Gasteiger partial charge in [-0.3, -0.25) is 0 Å². The molecule has 0 unspecified atom stereocenters. The molecule has 0 aliphatic rings. The van der Waals surface area contributed by atoms with Gasteiger partial charge in [-0.15, -0.1) is 0 Å². The molecule has 0 nitrogen and oxygen atoms in total. The minimum absolute atomic E-state index is 0.0698. The molecule has 0 atom stereocenters. The van der Waals surface area contributed by atoms with Crippen LogP contribution in [0, 0.1) is 0 Å². The van der Waals surface area contributed by atoms with Crippen molar-refractivity contribution in [1.82, 2.24) is 0 Å². The van der Waals surface area contributed by atoms with Crippen molar-refractivity contribution in [2.45, 2.75) is 0 Å². The van der Waals surface area contributed by atoms with Gasteiger partial charge < -0.3 is 0 Å². The smallest absolute Gasteiger partial charge is 0.0622 e. The second-order valence-electron chi connectivity index (χ2n) is 9.06. The molecule has 186 valence electrons. The highest BCUT2D eigenvalue weighted by Gasteiger charge is 2.18. The van der Waals surface area contributed by atoms with Gasteiger partial charge in [0.05, 0.1) is 26.0 Å². The third-order valence-corrected chi connectivity index (χ3v) is 6.91. The summed E-state index contributed by atoms with van der Waals surface area (Å²) in [7, 11) is 0. The Morgan fingerprint density at radius 1 is 0.350 bits per heavy atom. The molecule has 0 aliphatic heterocycles. The Labute approximate surface area is 260 Å². The maximum atomic E-state index is 9.40. The molecule has 8 rings (SSSR count). The summed E-state index contributed by atoms with van der Waals surface area (Å²) in [5, 5.41) is -1.32. The fourth-order valence-electron chi connectivity index (χ4n) is 5.19. The molecule has 40 heavy (non-hydrogen) atoms. The topological polar surface area (TPSA) is 0 Å². The van der Waals surface area contributed by atoms with Crippen LogP contribution in [0.3, 0.4) is 0 Å². The maximum absolute atomic E-state index is 9.40. The highest BCUT2D eigenvalue weighted by Crippen LogP contribution is 2.46. The lowest BCUT2D eigenvalue weighted by molar-refractivity contribution is 1.65. The van der Waals surface area contributed by atoms with E-state index in [2.05, 4.69) is 0 Å². The average Bonchev–Trinajstić information content (AvgIpc) is 3.23. The summed E-state index contributed by atoms with van der Waals surface area (Å²) >= 11 is 0. The van der Waals surface area contributed by atoms with E-state index in [1.165, 1.54) is 0 Å². The molecule has 8 aromatic carbocycles. The van der Waals surface area contributed by atoms with E-state index in [-0.39, 0.29) is 10.9 Å². The van der Waals surface area contributed by atoms with Crippen LogP contribution in [0.2, 0.25) is 0 Å². The van der Waals surface area contributed by atoms with Gasteiger partial charge in [0.2, 0.25) is 0 Å². The zero-order valence-corrected chi connectivity index (χ0v) is 20.5. The van der Waals surface area contributed by atoms with Crippen LogP contribution in [-0.4, -0.2) is 0 Å². The van der Waals surface area contributed by atoms with E-state index in [0.29, 0.717) is 10.9 Å². The molecule has 0 saturated carbocycles. The maximum Gasteiger partial charge on any atom is 0.0629 e. The van der Waals surface area contributed by atoms with Crippen molar-refractivity contribution in [1.29, 1.82) is 0 Å². The first kappa shape index (κ1) is 10.8. The van der Waals surface area contributed by atoms with Crippen LogP contribution in [0.1, 0.15) is 26.0 Å². The Kier molecular flexibility index (Phi) is 2.48. The summed E-state index contributed by atoms with van der Waals surface area (Å²) in [5.41, 5.74) is -1.98. The third kappa shape index (κ3) is 3.54. The molecule has 0 heteroatoms. The monoisotopic (exact) mass is 525 g/mol. The van der Waals surface area contributed by atoms with E-state index in [9.17, 15) is 9.60 Å². The Bertz CT molecular complexity index is 3150. The highest BCUT2D eigenvalue weighted by molar-refractivity contribution is 6.24. The van der Waals surface area contributed by atoms with Crippen LogP contribution in [0.5, 0.6) is 0 Å². The zero-order valence-electron chi connectivity index (χ0n) is 39.5. The van der Waals surface area contributed by atoms with Crippen molar-refractivity contribution < 1.29 is 26.0 Å². The minimum atomic E-state index is -0.854. The summed E-state index contributed by atoms with van der Waals surface area (Å²) in [6.45, 7) is 0.